The van der Waals surface area contributed by atoms with Gasteiger partial charge in [0.05, 0.1) is 16.1 Å². The van der Waals surface area contributed by atoms with Crippen LogP contribution in [0.15, 0.2) is 6.20 Å². The predicted octanol–water partition coefficient (Wildman–Crippen LogP) is 2.56. The van der Waals surface area contributed by atoms with Crippen LogP contribution >= 0.6 is 15.9 Å². The molecule has 0 radical (unpaired) electrons. The molecular formula is C12H15BrN2O3. The van der Waals surface area contributed by atoms with E-state index in [1.54, 1.807) is 20.8 Å². The summed E-state index contributed by atoms with van der Waals surface area (Å²) in [5, 5.41) is 4.12. The zero-order valence-electron chi connectivity index (χ0n) is 10.6. The van der Waals surface area contributed by atoms with Gasteiger partial charge < -0.3 is 4.74 Å². The molecule has 0 saturated carbocycles. The molecule has 1 atom stereocenters. The first-order chi connectivity index (χ1) is 8.28. The Balaban J connectivity index is 2.25. The minimum absolute atomic E-state index is 0.0222. The lowest BCUT2D eigenvalue weighted by Gasteiger charge is -2.18. The number of halogens is 1. The average Bonchev–Trinajstić information content (AvgIpc) is 2.66. The van der Waals surface area contributed by atoms with E-state index in [-0.39, 0.29) is 10.6 Å². The van der Waals surface area contributed by atoms with E-state index >= 15 is 0 Å². The lowest BCUT2D eigenvalue weighted by atomic mass is 9.97. The molecule has 1 heterocycles. The summed E-state index contributed by atoms with van der Waals surface area (Å²) in [6.07, 6.45) is 2.29. The lowest BCUT2D eigenvalue weighted by molar-refractivity contribution is 0.0514. The number of aryl methyl sites for hydroxylation is 1. The Morgan fingerprint density at radius 3 is 2.83 bits per heavy atom. The fraction of sp³-hybridized carbons (Fsp3) is 0.583. The highest BCUT2D eigenvalue weighted by Crippen LogP contribution is 2.25. The van der Waals surface area contributed by atoms with Crippen molar-refractivity contribution in [3.05, 3.63) is 17.5 Å². The third-order valence-electron chi connectivity index (χ3n) is 2.56. The van der Waals surface area contributed by atoms with Crippen LogP contribution in [0.3, 0.4) is 0 Å². The molecule has 0 saturated heterocycles. The molecule has 0 bridgehead atoms. The highest BCUT2D eigenvalue weighted by molar-refractivity contribution is 9.10. The molecule has 18 heavy (non-hydrogen) atoms. The Kier molecular flexibility index (Phi) is 3.31. The fourth-order valence-corrected chi connectivity index (χ4v) is 2.24. The number of carbonyl (C=O) groups is 2. The van der Waals surface area contributed by atoms with Gasteiger partial charge in [-0.2, -0.15) is 9.78 Å². The maximum Gasteiger partial charge on any atom is 0.435 e. The second-order valence-electron chi connectivity index (χ2n) is 5.28. The molecule has 0 N–H and O–H groups in total. The monoisotopic (exact) mass is 314 g/mol. The smallest absolute Gasteiger partial charge is 0.435 e. The van der Waals surface area contributed by atoms with Gasteiger partial charge in [0, 0.05) is 6.20 Å². The number of hydrogen-bond donors (Lipinski definition) is 0. The lowest BCUT2D eigenvalue weighted by Crippen LogP contribution is -2.27. The highest BCUT2D eigenvalue weighted by atomic mass is 79.9. The molecule has 98 valence electrons. The fourth-order valence-electron chi connectivity index (χ4n) is 1.77. The molecule has 6 heteroatoms. The normalized spacial score (nSPS) is 19.6. The van der Waals surface area contributed by atoms with Gasteiger partial charge in [-0.15, -0.1) is 0 Å². The summed E-state index contributed by atoms with van der Waals surface area (Å²) in [5.74, 6) is -0.0222. The maximum absolute atomic E-state index is 11.9. The third-order valence-corrected chi connectivity index (χ3v) is 3.43. The highest BCUT2D eigenvalue weighted by Gasteiger charge is 2.30. The topological polar surface area (TPSA) is 61.2 Å². The van der Waals surface area contributed by atoms with Crippen LogP contribution in [0.25, 0.3) is 0 Å². The molecule has 1 aromatic heterocycles. The van der Waals surface area contributed by atoms with Crippen molar-refractivity contribution in [3.8, 4) is 0 Å². The van der Waals surface area contributed by atoms with E-state index in [4.69, 9.17) is 4.74 Å². The van der Waals surface area contributed by atoms with Crippen molar-refractivity contribution in [2.24, 2.45) is 0 Å². The number of rotatable bonds is 0. The van der Waals surface area contributed by atoms with Gasteiger partial charge in [-0.3, -0.25) is 4.79 Å². The number of Topliss-reactive ketones (excluding diaryl/α,β-unsaturated/α-hetero) is 1. The molecule has 1 aliphatic carbocycles. The summed E-state index contributed by atoms with van der Waals surface area (Å²) in [4.78, 5) is 23.5. The van der Waals surface area contributed by atoms with Gasteiger partial charge in [0.25, 0.3) is 0 Å². The first-order valence-electron chi connectivity index (χ1n) is 5.78. The molecule has 0 fully saturated rings. The summed E-state index contributed by atoms with van der Waals surface area (Å²) in [5.41, 5.74) is 0.599. The van der Waals surface area contributed by atoms with E-state index in [9.17, 15) is 9.59 Å². The van der Waals surface area contributed by atoms with E-state index in [0.29, 0.717) is 24.1 Å². The number of hydrogen-bond acceptors (Lipinski definition) is 4. The zero-order chi connectivity index (χ0) is 13.5. The van der Waals surface area contributed by atoms with Gasteiger partial charge in [-0.1, -0.05) is 15.9 Å². The maximum atomic E-state index is 11.9. The Bertz CT molecular complexity index is 502. The molecule has 0 aromatic carbocycles. The van der Waals surface area contributed by atoms with Crippen LogP contribution in [0.5, 0.6) is 0 Å². The first-order valence-corrected chi connectivity index (χ1v) is 6.69. The van der Waals surface area contributed by atoms with E-state index in [1.807, 2.05) is 0 Å². The quantitative estimate of drug-likeness (QED) is 0.690. The van der Waals surface area contributed by atoms with Gasteiger partial charge in [-0.25, -0.2) is 4.79 Å². The van der Waals surface area contributed by atoms with Crippen molar-refractivity contribution < 1.29 is 14.3 Å². The summed E-state index contributed by atoms with van der Waals surface area (Å²) >= 11 is 3.32. The van der Waals surface area contributed by atoms with Crippen LogP contribution in [0.2, 0.25) is 0 Å². The first kappa shape index (κ1) is 13.3. The Morgan fingerprint density at radius 1 is 1.56 bits per heavy atom. The molecular weight excluding hydrogens is 300 g/mol. The van der Waals surface area contributed by atoms with Crippen LogP contribution in [-0.4, -0.2) is 32.1 Å². The standard InChI is InChI=1S/C12H15BrN2O3/c1-12(2,3)18-11(17)15-6-7-9(14-15)5-4-8(13)10(7)16/h6,8H,4-5H2,1-3H3. The molecule has 1 aliphatic rings. The average molecular weight is 315 g/mol. The van der Waals surface area contributed by atoms with E-state index in [2.05, 4.69) is 21.0 Å². The van der Waals surface area contributed by atoms with Crippen LogP contribution in [0.4, 0.5) is 4.79 Å². The number of ketones is 1. The number of alkyl halides is 1. The number of aromatic nitrogens is 2. The summed E-state index contributed by atoms with van der Waals surface area (Å²) in [6, 6.07) is 0. The predicted molar refractivity (Wildman–Crippen MR) is 69.2 cm³/mol. The van der Waals surface area contributed by atoms with Gasteiger partial charge in [0.15, 0.2) is 5.78 Å². The molecule has 0 amide bonds. The van der Waals surface area contributed by atoms with Crippen molar-refractivity contribution >= 4 is 27.8 Å². The number of fused-ring (bicyclic) bond motifs is 1. The molecule has 1 aromatic rings. The Labute approximate surface area is 114 Å². The zero-order valence-corrected chi connectivity index (χ0v) is 12.2. The molecule has 2 rings (SSSR count). The molecule has 0 aliphatic heterocycles. The van der Waals surface area contributed by atoms with Crippen molar-refractivity contribution in [2.45, 2.75) is 44.0 Å². The second kappa shape index (κ2) is 4.50. The van der Waals surface area contributed by atoms with Gasteiger partial charge in [0.1, 0.15) is 5.60 Å². The Morgan fingerprint density at radius 2 is 2.22 bits per heavy atom. The minimum atomic E-state index is -0.578. The van der Waals surface area contributed by atoms with Gasteiger partial charge in [0.2, 0.25) is 0 Å². The van der Waals surface area contributed by atoms with E-state index in [0.717, 1.165) is 4.68 Å². The van der Waals surface area contributed by atoms with Crippen LogP contribution in [0.1, 0.15) is 43.2 Å². The minimum Gasteiger partial charge on any atom is -0.442 e. The molecule has 0 spiro atoms. The summed E-state index contributed by atoms with van der Waals surface area (Å²) in [7, 11) is 0. The summed E-state index contributed by atoms with van der Waals surface area (Å²) < 4.78 is 6.31. The second-order valence-corrected chi connectivity index (χ2v) is 6.39. The largest absolute Gasteiger partial charge is 0.442 e. The SMILES string of the molecule is CC(C)(C)OC(=O)n1cc2c(n1)CCC(Br)C2=O. The van der Waals surface area contributed by atoms with Crippen LogP contribution < -0.4 is 0 Å². The van der Waals surface area contributed by atoms with Crippen molar-refractivity contribution in [2.75, 3.05) is 0 Å². The van der Waals surface area contributed by atoms with E-state index < -0.39 is 11.7 Å². The summed E-state index contributed by atoms with van der Waals surface area (Å²) in [6.45, 7) is 5.36. The van der Waals surface area contributed by atoms with Crippen LogP contribution in [-0.2, 0) is 11.2 Å². The number of ether oxygens (including phenoxy) is 1. The molecule has 1 unspecified atom stereocenters. The van der Waals surface area contributed by atoms with Gasteiger partial charge >= 0.3 is 6.09 Å². The number of nitrogens with zero attached hydrogens (tertiary/aromatic N) is 2. The van der Waals surface area contributed by atoms with E-state index in [1.165, 1.54) is 6.20 Å². The third kappa shape index (κ3) is 2.63. The van der Waals surface area contributed by atoms with Crippen molar-refractivity contribution in [3.63, 3.8) is 0 Å². The molecule has 5 nitrogen and oxygen atoms in total. The van der Waals surface area contributed by atoms with Crippen molar-refractivity contribution in [1.82, 2.24) is 9.78 Å². The van der Waals surface area contributed by atoms with Crippen LogP contribution in [0, 0.1) is 0 Å². The van der Waals surface area contributed by atoms with Gasteiger partial charge in [-0.05, 0) is 33.6 Å². The van der Waals surface area contributed by atoms with Crippen molar-refractivity contribution in [1.29, 1.82) is 0 Å². The Hall–Kier alpha value is -1.17. The number of carbonyl (C=O) groups excluding carboxylic acids is 2.